The molecule has 22 heavy (non-hydrogen) atoms. The third-order valence-corrected chi connectivity index (χ3v) is 3.63. The normalized spacial score (nSPS) is 10.9. The van der Waals surface area contributed by atoms with Crippen LogP contribution in [-0.2, 0) is 0 Å². The molecule has 0 radical (unpaired) electrons. The fraction of sp³-hybridized carbons (Fsp3) is 0.176. The molecule has 4 nitrogen and oxygen atoms in total. The third kappa shape index (κ3) is 3.54. The summed E-state index contributed by atoms with van der Waals surface area (Å²) in [6.07, 6.45) is 1.56. The summed E-state index contributed by atoms with van der Waals surface area (Å²) >= 11 is 1.42. The van der Waals surface area contributed by atoms with E-state index in [2.05, 4.69) is 0 Å². The molecule has 1 aromatic carbocycles. The van der Waals surface area contributed by atoms with Crippen LogP contribution in [0.1, 0.15) is 22.8 Å². The van der Waals surface area contributed by atoms with E-state index in [1.54, 1.807) is 42.8 Å². The number of nitrogens with zero attached hydrogens (tertiary/aromatic N) is 1. The van der Waals surface area contributed by atoms with Gasteiger partial charge in [0.05, 0.1) is 13.7 Å². The molecule has 0 atom stereocenters. The van der Waals surface area contributed by atoms with Crippen LogP contribution in [0.25, 0.3) is 6.08 Å². The van der Waals surface area contributed by atoms with Crippen molar-refractivity contribution in [3.63, 3.8) is 0 Å². The Balaban J connectivity index is 2.36. The molecule has 0 aliphatic heterocycles. The Hall–Kier alpha value is -2.58. The Kier molecular flexibility index (Phi) is 5.34. The number of thiophene rings is 1. The summed E-state index contributed by atoms with van der Waals surface area (Å²) in [5.74, 6) is 0.915. The molecule has 0 unspecified atom stereocenters. The number of hydrogen-bond acceptors (Lipinski definition) is 5. The molecular formula is C17H15NO3S. The largest absolute Gasteiger partial charge is 0.493 e. The van der Waals surface area contributed by atoms with Gasteiger partial charge in [0.2, 0.25) is 5.78 Å². The molecule has 2 aromatic rings. The molecule has 0 aliphatic rings. The molecule has 0 N–H and O–H groups in total. The maximum Gasteiger partial charge on any atom is 0.204 e. The van der Waals surface area contributed by atoms with E-state index in [1.807, 2.05) is 18.4 Å². The van der Waals surface area contributed by atoms with E-state index in [1.165, 1.54) is 11.3 Å². The maximum atomic E-state index is 12.2. The number of Topliss-reactive ketones (excluding diaryl/α,β-unsaturated/α-hetero) is 1. The molecule has 0 spiro atoms. The van der Waals surface area contributed by atoms with Gasteiger partial charge >= 0.3 is 0 Å². The SMILES string of the molecule is CCOc1cc(/C=C(/C#N)C(=O)c2ccsc2)ccc1OC. The smallest absolute Gasteiger partial charge is 0.204 e. The van der Waals surface area contributed by atoms with Gasteiger partial charge in [0.15, 0.2) is 11.5 Å². The van der Waals surface area contributed by atoms with Crippen molar-refractivity contribution in [3.8, 4) is 17.6 Å². The Bertz CT molecular complexity index is 727. The summed E-state index contributed by atoms with van der Waals surface area (Å²) in [6, 6.07) is 8.95. The van der Waals surface area contributed by atoms with E-state index in [-0.39, 0.29) is 11.4 Å². The maximum absolute atomic E-state index is 12.2. The third-order valence-electron chi connectivity index (χ3n) is 2.95. The zero-order valence-electron chi connectivity index (χ0n) is 12.3. The monoisotopic (exact) mass is 313 g/mol. The molecule has 0 fully saturated rings. The minimum atomic E-state index is -0.280. The first-order chi connectivity index (χ1) is 10.7. The van der Waals surface area contributed by atoms with Crippen LogP contribution in [0.15, 0.2) is 40.6 Å². The number of carbonyl (C=O) groups excluding carboxylic acids is 1. The first kappa shape index (κ1) is 15.8. The van der Waals surface area contributed by atoms with Gasteiger partial charge in [-0.2, -0.15) is 16.6 Å². The lowest BCUT2D eigenvalue weighted by molar-refractivity contribution is 0.104. The highest BCUT2D eigenvalue weighted by Crippen LogP contribution is 2.29. The number of carbonyl (C=O) groups is 1. The summed E-state index contributed by atoms with van der Waals surface area (Å²) in [5, 5.41) is 12.8. The van der Waals surface area contributed by atoms with E-state index in [0.29, 0.717) is 29.2 Å². The lowest BCUT2D eigenvalue weighted by Gasteiger charge is -2.09. The fourth-order valence-corrected chi connectivity index (χ4v) is 2.55. The van der Waals surface area contributed by atoms with E-state index in [0.717, 1.165) is 0 Å². The van der Waals surface area contributed by atoms with Gasteiger partial charge in [0.1, 0.15) is 11.6 Å². The van der Waals surface area contributed by atoms with Crippen LogP contribution in [0, 0.1) is 11.3 Å². The average Bonchev–Trinajstić information content (AvgIpc) is 3.07. The fourth-order valence-electron chi connectivity index (χ4n) is 1.92. The van der Waals surface area contributed by atoms with E-state index in [9.17, 15) is 10.1 Å². The van der Waals surface area contributed by atoms with Gasteiger partial charge in [-0.05, 0) is 42.1 Å². The van der Waals surface area contributed by atoms with Crippen LogP contribution in [0.5, 0.6) is 11.5 Å². The molecule has 0 bridgehead atoms. The lowest BCUT2D eigenvalue weighted by atomic mass is 10.0. The van der Waals surface area contributed by atoms with Crippen molar-refractivity contribution in [2.75, 3.05) is 13.7 Å². The summed E-state index contributed by atoms with van der Waals surface area (Å²) in [7, 11) is 1.56. The van der Waals surface area contributed by atoms with Gasteiger partial charge < -0.3 is 9.47 Å². The molecule has 0 aliphatic carbocycles. The van der Waals surface area contributed by atoms with Crippen molar-refractivity contribution in [3.05, 3.63) is 51.7 Å². The van der Waals surface area contributed by atoms with Gasteiger partial charge in [-0.1, -0.05) is 6.07 Å². The van der Waals surface area contributed by atoms with Gasteiger partial charge in [0.25, 0.3) is 0 Å². The van der Waals surface area contributed by atoms with Crippen LogP contribution < -0.4 is 9.47 Å². The minimum absolute atomic E-state index is 0.0889. The van der Waals surface area contributed by atoms with Crippen LogP contribution >= 0.6 is 11.3 Å². The highest BCUT2D eigenvalue weighted by atomic mass is 32.1. The van der Waals surface area contributed by atoms with Crippen molar-refractivity contribution < 1.29 is 14.3 Å². The molecule has 2 rings (SSSR count). The van der Waals surface area contributed by atoms with Gasteiger partial charge in [0, 0.05) is 10.9 Å². The van der Waals surface area contributed by atoms with E-state index in [4.69, 9.17) is 9.47 Å². The number of hydrogen-bond donors (Lipinski definition) is 0. The predicted octanol–water partition coefficient (Wildman–Crippen LogP) is 3.95. The summed E-state index contributed by atoms with van der Waals surface area (Å²) < 4.78 is 10.7. The predicted molar refractivity (Wildman–Crippen MR) is 86.4 cm³/mol. The average molecular weight is 313 g/mol. The van der Waals surface area contributed by atoms with Gasteiger partial charge in [-0.15, -0.1) is 0 Å². The lowest BCUT2D eigenvalue weighted by Crippen LogP contribution is -2.00. The van der Waals surface area contributed by atoms with Crippen molar-refractivity contribution in [2.45, 2.75) is 6.92 Å². The molecule has 0 amide bonds. The second-order valence-corrected chi connectivity index (χ2v) is 5.13. The number of rotatable bonds is 6. The van der Waals surface area contributed by atoms with Crippen LogP contribution in [0.3, 0.4) is 0 Å². The van der Waals surface area contributed by atoms with Crippen molar-refractivity contribution in [2.24, 2.45) is 0 Å². The molecule has 1 heterocycles. The van der Waals surface area contributed by atoms with Crippen molar-refractivity contribution in [1.29, 1.82) is 5.26 Å². The Morgan fingerprint density at radius 3 is 2.77 bits per heavy atom. The first-order valence-electron chi connectivity index (χ1n) is 6.69. The first-order valence-corrected chi connectivity index (χ1v) is 7.63. The van der Waals surface area contributed by atoms with E-state index >= 15 is 0 Å². The van der Waals surface area contributed by atoms with Crippen molar-refractivity contribution >= 4 is 23.2 Å². The topological polar surface area (TPSA) is 59.3 Å². The number of ether oxygens (including phenoxy) is 2. The van der Waals surface area contributed by atoms with Crippen LogP contribution in [0.4, 0.5) is 0 Å². The Labute approximate surface area is 133 Å². The quantitative estimate of drug-likeness (QED) is 0.460. The van der Waals surface area contributed by atoms with Crippen molar-refractivity contribution in [1.82, 2.24) is 0 Å². The summed E-state index contributed by atoms with van der Waals surface area (Å²) in [6.45, 7) is 2.38. The minimum Gasteiger partial charge on any atom is -0.493 e. The molecule has 5 heteroatoms. The second-order valence-electron chi connectivity index (χ2n) is 4.35. The van der Waals surface area contributed by atoms with Crippen LogP contribution in [-0.4, -0.2) is 19.5 Å². The van der Waals surface area contributed by atoms with Gasteiger partial charge in [-0.3, -0.25) is 4.79 Å². The number of allylic oxidation sites excluding steroid dienone is 1. The summed E-state index contributed by atoms with van der Waals surface area (Å²) in [5.41, 5.74) is 1.33. The molecule has 112 valence electrons. The van der Waals surface area contributed by atoms with Crippen LogP contribution in [0.2, 0.25) is 0 Å². The number of methoxy groups -OCH3 is 1. The molecular weight excluding hydrogens is 298 g/mol. The Morgan fingerprint density at radius 1 is 1.36 bits per heavy atom. The molecule has 0 saturated carbocycles. The summed E-state index contributed by atoms with van der Waals surface area (Å²) in [4.78, 5) is 12.2. The zero-order chi connectivity index (χ0) is 15.9. The van der Waals surface area contributed by atoms with Gasteiger partial charge in [-0.25, -0.2) is 0 Å². The highest BCUT2D eigenvalue weighted by molar-refractivity contribution is 7.08. The molecule has 0 saturated heterocycles. The Morgan fingerprint density at radius 2 is 2.18 bits per heavy atom. The number of ketones is 1. The van der Waals surface area contributed by atoms with E-state index < -0.39 is 0 Å². The second kappa shape index (κ2) is 7.43. The number of benzene rings is 1. The highest BCUT2D eigenvalue weighted by Gasteiger charge is 2.13. The standard InChI is InChI=1S/C17H15NO3S/c1-3-21-16-9-12(4-5-15(16)20-2)8-14(10-18)17(19)13-6-7-22-11-13/h4-9,11H,3H2,1-2H3/b14-8-. The number of nitriles is 1. The molecule has 1 aromatic heterocycles. The zero-order valence-corrected chi connectivity index (χ0v) is 13.1.